The highest BCUT2D eigenvalue weighted by atomic mass is 32.2. The van der Waals surface area contributed by atoms with Gasteiger partial charge in [0.15, 0.2) is 0 Å². The Morgan fingerprint density at radius 2 is 1.61 bits per heavy atom. The molecule has 2 aromatic carbocycles. The van der Waals surface area contributed by atoms with Crippen LogP contribution in [0.5, 0.6) is 0 Å². The van der Waals surface area contributed by atoms with Gasteiger partial charge in [-0.1, -0.05) is 48.5 Å². The third-order valence-electron chi connectivity index (χ3n) is 3.36. The third-order valence-corrected chi connectivity index (χ3v) is 5.75. The standard InChI is InChI=1S/C17H14FNO2S2/c18-14-9-4-5-11-16(14)23(20,21)19-17(15-10-6-12-22-15)13-7-2-1-3-8-13/h1-12,17,19H. The Morgan fingerprint density at radius 3 is 2.26 bits per heavy atom. The highest BCUT2D eigenvalue weighted by Gasteiger charge is 2.25. The van der Waals surface area contributed by atoms with E-state index in [-0.39, 0.29) is 4.90 Å². The van der Waals surface area contributed by atoms with Crippen LogP contribution in [-0.2, 0) is 10.0 Å². The Labute approximate surface area is 138 Å². The van der Waals surface area contributed by atoms with E-state index >= 15 is 0 Å². The Balaban J connectivity index is 2.01. The van der Waals surface area contributed by atoms with Crippen LogP contribution in [0.1, 0.15) is 16.5 Å². The van der Waals surface area contributed by atoms with Gasteiger partial charge in [-0.2, -0.15) is 4.72 Å². The number of sulfonamides is 1. The predicted octanol–water partition coefficient (Wildman–Crippen LogP) is 3.96. The van der Waals surface area contributed by atoms with Gasteiger partial charge in [-0.15, -0.1) is 11.3 Å². The quantitative estimate of drug-likeness (QED) is 0.759. The monoisotopic (exact) mass is 347 g/mol. The van der Waals surface area contributed by atoms with Crippen molar-refractivity contribution in [1.82, 2.24) is 4.72 Å². The van der Waals surface area contributed by atoms with Crippen molar-refractivity contribution in [1.29, 1.82) is 0 Å². The second-order valence-electron chi connectivity index (χ2n) is 4.91. The SMILES string of the molecule is O=S(=O)(NC(c1ccccc1)c1cccs1)c1ccccc1F. The van der Waals surface area contributed by atoms with Crippen molar-refractivity contribution in [3.05, 3.63) is 88.4 Å². The molecular formula is C17H14FNO2S2. The van der Waals surface area contributed by atoms with Crippen LogP contribution in [0.4, 0.5) is 4.39 Å². The van der Waals surface area contributed by atoms with E-state index in [9.17, 15) is 12.8 Å². The minimum Gasteiger partial charge on any atom is -0.207 e. The molecule has 1 heterocycles. The van der Waals surface area contributed by atoms with Crippen LogP contribution in [0.2, 0.25) is 0 Å². The summed E-state index contributed by atoms with van der Waals surface area (Å²) in [7, 11) is -3.98. The Morgan fingerprint density at radius 1 is 0.913 bits per heavy atom. The van der Waals surface area contributed by atoms with Gasteiger partial charge in [0.1, 0.15) is 10.7 Å². The Bertz CT molecular complexity index is 878. The molecule has 0 aliphatic rings. The molecule has 0 aliphatic carbocycles. The predicted molar refractivity (Wildman–Crippen MR) is 89.3 cm³/mol. The van der Waals surface area contributed by atoms with Crippen molar-refractivity contribution >= 4 is 21.4 Å². The topological polar surface area (TPSA) is 46.2 Å². The van der Waals surface area contributed by atoms with Crippen molar-refractivity contribution in [3.8, 4) is 0 Å². The largest absolute Gasteiger partial charge is 0.244 e. The molecule has 0 saturated heterocycles. The van der Waals surface area contributed by atoms with Gasteiger partial charge in [-0.25, -0.2) is 12.8 Å². The van der Waals surface area contributed by atoms with Crippen LogP contribution >= 0.6 is 11.3 Å². The molecular weight excluding hydrogens is 333 g/mol. The summed E-state index contributed by atoms with van der Waals surface area (Å²) in [5.41, 5.74) is 0.801. The first-order valence-electron chi connectivity index (χ1n) is 6.93. The van der Waals surface area contributed by atoms with Crippen molar-refractivity contribution in [2.75, 3.05) is 0 Å². The van der Waals surface area contributed by atoms with Crippen LogP contribution in [0.25, 0.3) is 0 Å². The number of nitrogens with one attached hydrogen (secondary N) is 1. The average Bonchev–Trinajstić information content (AvgIpc) is 3.08. The number of thiophene rings is 1. The highest BCUT2D eigenvalue weighted by molar-refractivity contribution is 7.89. The maximum atomic E-state index is 13.9. The summed E-state index contributed by atoms with van der Waals surface area (Å²) in [5.74, 6) is -0.766. The van der Waals surface area contributed by atoms with E-state index in [1.807, 2.05) is 47.8 Å². The lowest BCUT2D eigenvalue weighted by atomic mass is 10.1. The normalized spacial score (nSPS) is 12.9. The molecule has 23 heavy (non-hydrogen) atoms. The van der Waals surface area contributed by atoms with Crippen LogP contribution in [0, 0.1) is 5.82 Å². The minimum atomic E-state index is -3.98. The van der Waals surface area contributed by atoms with E-state index in [4.69, 9.17) is 0 Å². The molecule has 1 unspecified atom stereocenters. The van der Waals surface area contributed by atoms with E-state index in [1.54, 1.807) is 0 Å². The van der Waals surface area contributed by atoms with Gasteiger partial charge >= 0.3 is 0 Å². The summed E-state index contributed by atoms with van der Waals surface area (Å²) < 4.78 is 41.6. The number of benzene rings is 2. The first-order chi connectivity index (χ1) is 11.1. The minimum absolute atomic E-state index is 0.350. The van der Waals surface area contributed by atoms with Gasteiger partial charge < -0.3 is 0 Å². The second-order valence-corrected chi connectivity index (χ2v) is 7.57. The van der Waals surface area contributed by atoms with E-state index in [2.05, 4.69) is 4.72 Å². The summed E-state index contributed by atoms with van der Waals surface area (Å²) in [4.78, 5) is 0.494. The summed E-state index contributed by atoms with van der Waals surface area (Å²) in [6.45, 7) is 0. The fourth-order valence-corrected chi connectivity index (χ4v) is 4.43. The molecule has 0 radical (unpaired) electrons. The highest BCUT2D eigenvalue weighted by Crippen LogP contribution is 2.28. The fraction of sp³-hybridized carbons (Fsp3) is 0.0588. The van der Waals surface area contributed by atoms with Gasteiger partial charge in [-0.05, 0) is 29.1 Å². The van der Waals surface area contributed by atoms with Crippen LogP contribution in [-0.4, -0.2) is 8.42 Å². The molecule has 118 valence electrons. The number of hydrogen-bond donors (Lipinski definition) is 1. The zero-order chi connectivity index (χ0) is 16.3. The van der Waals surface area contributed by atoms with E-state index < -0.39 is 21.9 Å². The van der Waals surface area contributed by atoms with Gasteiger partial charge in [0.2, 0.25) is 10.0 Å². The van der Waals surface area contributed by atoms with Crippen LogP contribution in [0.15, 0.2) is 77.0 Å². The lowest BCUT2D eigenvalue weighted by Crippen LogP contribution is -2.29. The van der Waals surface area contributed by atoms with Gasteiger partial charge in [0.25, 0.3) is 0 Å². The molecule has 3 rings (SSSR count). The number of rotatable bonds is 5. The maximum absolute atomic E-state index is 13.9. The lowest BCUT2D eigenvalue weighted by Gasteiger charge is -2.18. The zero-order valence-electron chi connectivity index (χ0n) is 12.0. The number of hydrogen-bond acceptors (Lipinski definition) is 3. The maximum Gasteiger partial charge on any atom is 0.244 e. The van der Waals surface area contributed by atoms with E-state index in [0.717, 1.165) is 16.5 Å². The summed E-state index contributed by atoms with van der Waals surface area (Å²) in [6, 6.07) is 17.7. The molecule has 0 spiro atoms. The van der Waals surface area contributed by atoms with Crippen molar-refractivity contribution in [3.63, 3.8) is 0 Å². The summed E-state index contributed by atoms with van der Waals surface area (Å²) in [6.07, 6.45) is 0. The van der Waals surface area contributed by atoms with E-state index in [0.29, 0.717) is 0 Å². The summed E-state index contributed by atoms with van der Waals surface area (Å²) in [5, 5.41) is 1.88. The molecule has 3 aromatic rings. The number of halogens is 1. The van der Waals surface area contributed by atoms with Gasteiger partial charge in [0, 0.05) is 4.88 Å². The van der Waals surface area contributed by atoms with Crippen molar-refractivity contribution < 1.29 is 12.8 Å². The molecule has 6 heteroatoms. The van der Waals surface area contributed by atoms with Gasteiger partial charge in [-0.3, -0.25) is 0 Å². The smallest absolute Gasteiger partial charge is 0.207 e. The molecule has 1 atom stereocenters. The zero-order valence-corrected chi connectivity index (χ0v) is 13.6. The first-order valence-corrected chi connectivity index (χ1v) is 9.29. The second kappa shape index (κ2) is 6.62. The molecule has 0 amide bonds. The average molecular weight is 347 g/mol. The Hall–Kier alpha value is -2.02. The molecule has 1 aromatic heterocycles. The Kier molecular flexibility index (Phi) is 4.56. The van der Waals surface area contributed by atoms with E-state index in [1.165, 1.54) is 29.5 Å². The molecule has 0 fully saturated rings. The first kappa shape index (κ1) is 15.9. The molecule has 0 bridgehead atoms. The van der Waals surface area contributed by atoms with Crippen LogP contribution in [0.3, 0.4) is 0 Å². The van der Waals surface area contributed by atoms with Crippen LogP contribution < -0.4 is 4.72 Å². The molecule has 1 N–H and O–H groups in total. The van der Waals surface area contributed by atoms with Crippen molar-refractivity contribution in [2.45, 2.75) is 10.9 Å². The molecule has 3 nitrogen and oxygen atoms in total. The molecule has 0 aliphatic heterocycles. The van der Waals surface area contributed by atoms with Crippen molar-refractivity contribution in [2.24, 2.45) is 0 Å². The van der Waals surface area contributed by atoms with Gasteiger partial charge in [0.05, 0.1) is 6.04 Å². The third kappa shape index (κ3) is 3.50. The lowest BCUT2D eigenvalue weighted by molar-refractivity contribution is 0.551. The fourth-order valence-electron chi connectivity index (χ4n) is 2.27. The molecule has 0 saturated carbocycles. The summed E-state index contributed by atoms with van der Waals surface area (Å²) >= 11 is 1.45.